The molecule has 1 saturated heterocycles. The van der Waals surface area contributed by atoms with Crippen LogP contribution in [-0.2, 0) is 4.79 Å². The van der Waals surface area contributed by atoms with Crippen LogP contribution in [0, 0.1) is 28.6 Å². The third kappa shape index (κ3) is 2.29. The van der Waals surface area contributed by atoms with Gasteiger partial charge in [-0.05, 0) is 74.5 Å². The molecule has 4 saturated carbocycles. The first-order chi connectivity index (χ1) is 12.3. The Hall–Kier alpha value is -0.640. The normalized spacial score (nSPS) is 52.2. The highest BCUT2D eigenvalue weighted by Gasteiger charge is 2.63. The number of amides is 1. The van der Waals surface area contributed by atoms with Crippen LogP contribution in [0.25, 0.3) is 0 Å². The summed E-state index contributed by atoms with van der Waals surface area (Å²) in [5.74, 6) is 1.26. The van der Waals surface area contributed by atoms with Crippen LogP contribution in [0.3, 0.4) is 0 Å². The molecule has 0 aromatic rings. The minimum Gasteiger partial charge on any atom is -0.342 e. The summed E-state index contributed by atoms with van der Waals surface area (Å²) in [7, 11) is 1.99. The molecule has 5 rings (SSSR count). The van der Waals surface area contributed by atoms with Gasteiger partial charge in [-0.2, -0.15) is 0 Å². The van der Waals surface area contributed by atoms with Crippen LogP contribution in [-0.4, -0.2) is 35.7 Å². The third-order valence-corrected chi connectivity index (χ3v) is 9.62. The lowest BCUT2D eigenvalue weighted by molar-refractivity contribution is -0.165. The number of rotatable bonds is 2. The van der Waals surface area contributed by atoms with Crippen LogP contribution in [0.15, 0.2) is 0 Å². The molecule has 0 aromatic carbocycles. The topological polar surface area (TPSA) is 32.3 Å². The van der Waals surface area contributed by atoms with Gasteiger partial charge in [-0.25, -0.2) is 4.39 Å². The zero-order valence-corrected chi connectivity index (χ0v) is 16.7. The highest BCUT2D eigenvalue weighted by Crippen LogP contribution is 2.65. The summed E-state index contributed by atoms with van der Waals surface area (Å²) in [4.78, 5) is 14.7. The van der Waals surface area contributed by atoms with E-state index in [4.69, 9.17) is 0 Å². The van der Waals surface area contributed by atoms with Crippen LogP contribution < -0.4 is 5.32 Å². The molecule has 1 amide bonds. The molecule has 4 aliphatic carbocycles. The molecule has 1 unspecified atom stereocenters. The number of carbonyl (C=O) groups excluding carboxylic acids is 1. The summed E-state index contributed by atoms with van der Waals surface area (Å²) in [6, 6.07) is 0.276. The van der Waals surface area contributed by atoms with Crippen molar-refractivity contribution >= 4 is 5.91 Å². The molecule has 146 valence electrons. The number of carbonyl (C=O) groups is 1. The maximum atomic E-state index is 14.7. The number of nitrogens with zero attached hydrogens (tertiary/aromatic N) is 1. The van der Waals surface area contributed by atoms with Crippen molar-refractivity contribution in [3.8, 4) is 0 Å². The maximum absolute atomic E-state index is 14.7. The Kier molecular flexibility index (Phi) is 3.66. The van der Waals surface area contributed by atoms with E-state index in [0.717, 1.165) is 18.3 Å². The standard InChI is InChI=1S/C22H35FN2O/c1-20-9-4-5-15(20)14-6-7-18-21(2,16(14)8-10-20)17(13-19(26)25(18)3)24-22(23)11-12-22/h14-18,24H,4-13H2,1-3H3/t14-,15-,16-,17?,18+,20-,21-/m0/s1. The molecule has 5 aliphatic rings. The second-order valence-corrected chi connectivity index (χ2v) is 10.8. The molecule has 3 nitrogen and oxygen atoms in total. The lowest BCUT2D eigenvalue weighted by Gasteiger charge is -2.64. The molecule has 1 heterocycles. The first kappa shape index (κ1) is 17.5. The SMILES string of the molecule is CN1C(=O)CC(NC2(F)CC2)[C@]2(C)[C@H]3CC[C@]4(C)CCC[C@H]4[C@@H]3CC[C@@H]12. The Morgan fingerprint density at radius 2 is 1.81 bits per heavy atom. The fourth-order valence-electron chi connectivity index (χ4n) is 7.95. The van der Waals surface area contributed by atoms with Crippen molar-refractivity contribution in [1.82, 2.24) is 10.2 Å². The van der Waals surface area contributed by atoms with Crippen LogP contribution in [0.1, 0.15) is 78.1 Å². The lowest BCUT2D eigenvalue weighted by atomic mass is 9.46. The Morgan fingerprint density at radius 1 is 1.04 bits per heavy atom. The maximum Gasteiger partial charge on any atom is 0.224 e. The van der Waals surface area contributed by atoms with E-state index in [1.807, 2.05) is 11.9 Å². The molecule has 0 aromatic heterocycles. The summed E-state index contributed by atoms with van der Waals surface area (Å²) in [5.41, 5.74) is 0.554. The fraction of sp³-hybridized carbons (Fsp3) is 0.955. The van der Waals surface area contributed by atoms with E-state index in [9.17, 15) is 9.18 Å². The van der Waals surface area contributed by atoms with E-state index in [1.54, 1.807) is 0 Å². The smallest absolute Gasteiger partial charge is 0.224 e. The number of alkyl halides is 1. The summed E-state index contributed by atoms with van der Waals surface area (Å²) in [5, 5.41) is 3.35. The molecule has 5 fully saturated rings. The minimum atomic E-state index is -1.20. The molecular weight excluding hydrogens is 327 g/mol. The Labute approximate surface area is 157 Å². The number of piperidine rings is 1. The predicted octanol–water partition coefficient (Wildman–Crippen LogP) is 4.27. The van der Waals surface area contributed by atoms with Gasteiger partial charge in [0.2, 0.25) is 5.91 Å². The predicted molar refractivity (Wildman–Crippen MR) is 100 cm³/mol. The van der Waals surface area contributed by atoms with Crippen molar-refractivity contribution in [3.05, 3.63) is 0 Å². The number of nitrogens with one attached hydrogen (secondary N) is 1. The van der Waals surface area contributed by atoms with Gasteiger partial charge in [0, 0.05) is 31.0 Å². The first-order valence-corrected chi connectivity index (χ1v) is 11.0. The van der Waals surface area contributed by atoms with Crippen LogP contribution in [0.5, 0.6) is 0 Å². The number of hydrogen-bond donors (Lipinski definition) is 1. The quantitative estimate of drug-likeness (QED) is 0.744. The Bertz CT molecular complexity index is 619. The van der Waals surface area contributed by atoms with Crippen molar-refractivity contribution in [2.75, 3.05) is 7.05 Å². The van der Waals surface area contributed by atoms with Gasteiger partial charge < -0.3 is 4.90 Å². The number of likely N-dealkylation sites (tertiary alicyclic amines) is 1. The van der Waals surface area contributed by atoms with Crippen molar-refractivity contribution < 1.29 is 9.18 Å². The molecule has 0 bridgehead atoms. The van der Waals surface area contributed by atoms with Gasteiger partial charge in [0.1, 0.15) is 0 Å². The molecule has 4 heteroatoms. The first-order valence-electron chi connectivity index (χ1n) is 11.0. The Morgan fingerprint density at radius 3 is 2.54 bits per heavy atom. The van der Waals surface area contributed by atoms with Crippen LogP contribution in [0.2, 0.25) is 0 Å². The molecule has 1 aliphatic heterocycles. The molecule has 0 spiro atoms. The van der Waals surface area contributed by atoms with Gasteiger partial charge in [0.05, 0.1) is 0 Å². The van der Waals surface area contributed by atoms with Crippen molar-refractivity contribution in [1.29, 1.82) is 0 Å². The van der Waals surface area contributed by atoms with Gasteiger partial charge in [-0.15, -0.1) is 0 Å². The van der Waals surface area contributed by atoms with Gasteiger partial charge in [0.25, 0.3) is 0 Å². The van der Waals surface area contributed by atoms with E-state index in [0.29, 0.717) is 30.6 Å². The van der Waals surface area contributed by atoms with Crippen molar-refractivity contribution in [2.45, 2.75) is 95.9 Å². The molecule has 26 heavy (non-hydrogen) atoms. The minimum absolute atomic E-state index is 0.00209. The summed E-state index contributed by atoms with van der Waals surface area (Å²) in [6.07, 6.45) is 10.8. The van der Waals surface area contributed by atoms with E-state index in [2.05, 4.69) is 19.2 Å². The summed E-state index contributed by atoms with van der Waals surface area (Å²) < 4.78 is 14.7. The zero-order chi connectivity index (χ0) is 18.3. The van der Waals surface area contributed by atoms with Crippen molar-refractivity contribution in [3.63, 3.8) is 0 Å². The van der Waals surface area contributed by atoms with E-state index >= 15 is 0 Å². The van der Waals surface area contributed by atoms with Crippen LogP contribution >= 0.6 is 0 Å². The number of fused-ring (bicyclic) bond motifs is 5. The van der Waals surface area contributed by atoms with E-state index in [-0.39, 0.29) is 23.4 Å². The zero-order valence-electron chi connectivity index (χ0n) is 16.7. The lowest BCUT2D eigenvalue weighted by Crippen LogP contribution is -2.69. The summed E-state index contributed by atoms with van der Waals surface area (Å²) in [6.45, 7) is 4.93. The van der Waals surface area contributed by atoms with Crippen LogP contribution in [0.4, 0.5) is 4.39 Å². The molecular formula is C22H35FN2O. The van der Waals surface area contributed by atoms with Gasteiger partial charge in [-0.1, -0.05) is 20.3 Å². The summed E-state index contributed by atoms with van der Waals surface area (Å²) >= 11 is 0. The average Bonchev–Trinajstić information content (AvgIpc) is 3.17. The number of hydrogen-bond acceptors (Lipinski definition) is 2. The second-order valence-electron chi connectivity index (χ2n) is 10.8. The highest BCUT2D eigenvalue weighted by atomic mass is 19.1. The molecule has 1 N–H and O–H groups in total. The Balaban J connectivity index is 1.51. The van der Waals surface area contributed by atoms with Gasteiger partial charge in [0.15, 0.2) is 5.79 Å². The molecule has 7 atom stereocenters. The van der Waals surface area contributed by atoms with Gasteiger partial charge >= 0.3 is 0 Å². The number of halogens is 1. The average molecular weight is 363 g/mol. The highest BCUT2D eigenvalue weighted by molar-refractivity contribution is 5.78. The van der Waals surface area contributed by atoms with E-state index in [1.165, 1.54) is 38.5 Å². The largest absolute Gasteiger partial charge is 0.342 e. The third-order valence-electron chi connectivity index (χ3n) is 9.62. The molecule has 0 radical (unpaired) electrons. The second kappa shape index (κ2) is 5.46. The van der Waals surface area contributed by atoms with Gasteiger partial charge in [-0.3, -0.25) is 10.1 Å². The van der Waals surface area contributed by atoms with Crippen molar-refractivity contribution in [2.24, 2.45) is 28.6 Å². The van der Waals surface area contributed by atoms with E-state index < -0.39 is 5.79 Å². The fourth-order valence-corrected chi connectivity index (χ4v) is 7.95. The monoisotopic (exact) mass is 362 g/mol.